The summed E-state index contributed by atoms with van der Waals surface area (Å²) in [6.07, 6.45) is 25.9. The Hall–Kier alpha value is -1.73. The third-order valence-electron chi connectivity index (χ3n) is 3.08. The summed E-state index contributed by atoms with van der Waals surface area (Å²) >= 11 is 0. The van der Waals surface area contributed by atoms with E-state index in [2.05, 4.69) is 87.3 Å². The van der Waals surface area contributed by atoms with Gasteiger partial charge in [0.2, 0.25) is 8.37 Å². The summed E-state index contributed by atoms with van der Waals surface area (Å²) < 4.78 is 7.26. The van der Waals surface area contributed by atoms with Gasteiger partial charge in [0.25, 0.3) is 0 Å². The van der Waals surface area contributed by atoms with Gasteiger partial charge >= 0.3 is 0 Å². The zero-order chi connectivity index (χ0) is 12.9. The van der Waals surface area contributed by atoms with Gasteiger partial charge in [-0.05, 0) is 18.2 Å². The molecule has 3 rings (SSSR count). The third kappa shape index (κ3) is 2.82. The van der Waals surface area contributed by atoms with Gasteiger partial charge in [0, 0.05) is 38.2 Å². The monoisotopic (exact) mass is 271 g/mol. The highest BCUT2D eigenvalue weighted by Gasteiger charge is 2.27. The van der Waals surface area contributed by atoms with Crippen molar-refractivity contribution in [2.24, 2.45) is 0 Å². The fourth-order valence-electron chi connectivity index (χ4n) is 2.21. The summed E-state index contributed by atoms with van der Waals surface area (Å²) in [5.74, 6) is 0. The van der Waals surface area contributed by atoms with E-state index in [1.165, 1.54) is 0 Å². The molecule has 0 saturated heterocycles. The van der Waals surface area contributed by atoms with Crippen LogP contribution in [-0.4, -0.2) is 33.6 Å². The molecule has 0 radical (unpaired) electrons. The van der Waals surface area contributed by atoms with Crippen LogP contribution in [0.1, 0.15) is 0 Å². The quantitative estimate of drug-likeness (QED) is 0.729. The Labute approximate surface area is 116 Å². The van der Waals surface area contributed by atoms with Crippen molar-refractivity contribution >= 4 is 8.37 Å². The van der Waals surface area contributed by atoms with Gasteiger partial charge in [0.05, 0.1) is 0 Å². The first-order valence-electron chi connectivity index (χ1n) is 6.55. The number of rotatable bonds is 3. The molecular formula is C15H18N3P. The van der Waals surface area contributed by atoms with Gasteiger partial charge in [0.1, 0.15) is 0 Å². The predicted octanol–water partition coefficient (Wildman–Crippen LogP) is 3.37. The molecule has 0 atom stereocenters. The van der Waals surface area contributed by atoms with Crippen molar-refractivity contribution in [2.45, 2.75) is 0 Å². The van der Waals surface area contributed by atoms with Gasteiger partial charge < -0.3 is 14.0 Å². The van der Waals surface area contributed by atoms with E-state index in [0.29, 0.717) is 0 Å². The van der Waals surface area contributed by atoms with E-state index in [9.17, 15) is 0 Å². The van der Waals surface area contributed by atoms with E-state index >= 15 is 0 Å². The SMILES string of the molecule is C1=CCN(P(N2C=CC=CC2)N2C=CC=CC2)C=C1. The molecular weight excluding hydrogens is 253 g/mol. The van der Waals surface area contributed by atoms with E-state index in [-0.39, 0.29) is 0 Å². The van der Waals surface area contributed by atoms with Gasteiger partial charge in [-0.25, -0.2) is 0 Å². The highest BCUT2D eigenvalue weighted by atomic mass is 31.2. The van der Waals surface area contributed by atoms with Crippen LogP contribution in [0.25, 0.3) is 0 Å². The summed E-state index contributed by atoms with van der Waals surface area (Å²) in [6.45, 7) is 2.93. The van der Waals surface area contributed by atoms with Crippen LogP contribution >= 0.6 is 8.37 Å². The van der Waals surface area contributed by atoms with Crippen molar-refractivity contribution in [3.63, 3.8) is 0 Å². The van der Waals surface area contributed by atoms with Gasteiger partial charge in [0.15, 0.2) is 0 Å². The minimum Gasteiger partial charge on any atom is -0.320 e. The number of hydrogen-bond donors (Lipinski definition) is 0. The Kier molecular flexibility index (Phi) is 3.85. The summed E-state index contributed by atoms with van der Waals surface area (Å²) in [6, 6.07) is 0. The minimum atomic E-state index is -0.529. The highest BCUT2D eigenvalue weighted by molar-refractivity contribution is 7.50. The molecule has 0 spiro atoms. The molecule has 0 amide bonds. The van der Waals surface area contributed by atoms with Gasteiger partial charge in [-0.3, -0.25) is 0 Å². The van der Waals surface area contributed by atoms with Crippen LogP contribution in [0.2, 0.25) is 0 Å². The van der Waals surface area contributed by atoms with Crippen LogP contribution in [-0.2, 0) is 0 Å². The standard InChI is InChI=1S/C15H18N3P/c1-4-10-16(11-5-1)19(17-12-6-2-7-13-17)18-14-8-3-9-15-18/h1-10,12,14H,11,13,15H2. The molecule has 3 nitrogen and oxygen atoms in total. The largest absolute Gasteiger partial charge is 0.320 e. The second kappa shape index (κ2) is 5.94. The van der Waals surface area contributed by atoms with Crippen LogP contribution < -0.4 is 0 Å². The maximum Gasteiger partial charge on any atom is 0.207 e. The molecule has 0 aliphatic carbocycles. The second-order valence-corrected chi connectivity index (χ2v) is 6.52. The molecule has 3 aliphatic heterocycles. The lowest BCUT2D eigenvalue weighted by molar-refractivity contribution is 0.490. The molecule has 0 aromatic carbocycles. The molecule has 0 aromatic rings. The fourth-order valence-corrected chi connectivity index (χ4v) is 4.41. The number of allylic oxidation sites excluding steroid dienone is 6. The van der Waals surface area contributed by atoms with E-state index in [1.54, 1.807) is 0 Å². The van der Waals surface area contributed by atoms with Crippen molar-refractivity contribution in [3.8, 4) is 0 Å². The van der Waals surface area contributed by atoms with E-state index in [0.717, 1.165) is 19.6 Å². The Balaban J connectivity index is 1.82. The molecule has 0 N–H and O–H groups in total. The summed E-state index contributed by atoms with van der Waals surface area (Å²) in [5.41, 5.74) is 0. The van der Waals surface area contributed by atoms with Crippen molar-refractivity contribution < 1.29 is 0 Å². The topological polar surface area (TPSA) is 9.72 Å². The maximum atomic E-state index is 2.42. The van der Waals surface area contributed by atoms with Crippen LogP contribution in [0.4, 0.5) is 0 Å². The Morgan fingerprint density at radius 3 is 1.16 bits per heavy atom. The zero-order valence-corrected chi connectivity index (χ0v) is 11.7. The van der Waals surface area contributed by atoms with E-state index in [1.807, 2.05) is 0 Å². The Morgan fingerprint density at radius 2 is 0.895 bits per heavy atom. The molecule has 3 heterocycles. The average molecular weight is 271 g/mol. The zero-order valence-electron chi connectivity index (χ0n) is 10.8. The average Bonchev–Trinajstić information content (AvgIpc) is 2.51. The minimum absolute atomic E-state index is 0.529. The van der Waals surface area contributed by atoms with E-state index < -0.39 is 8.37 Å². The van der Waals surface area contributed by atoms with E-state index in [4.69, 9.17) is 0 Å². The van der Waals surface area contributed by atoms with Crippen molar-refractivity contribution in [3.05, 3.63) is 73.3 Å². The summed E-state index contributed by atoms with van der Waals surface area (Å²) in [5, 5.41) is 0. The second-order valence-electron chi connectivity index (χ2n) is 4.44. The number of hydrogen-bond acceptors (Lipinski definition) is 3. The van der Waals surface area contributed by atoms with Crippen molar-refractivity contribution in [2.75, 3.05) is 19.6 Å². The first kappa shape index (κ1) is 12.3. The molecule has 0 saturated carbocycles. The van der Waals surface area contributed by atoms with Gasteiger partial charge in [-0.2, -0.15) is 0 Å². The molecule has 19 heavy (non-hydrogen) atoms. The molecule has 3 aliphatic rings. The smallest absolute Gasteiger partial charge is 0.207 e. The molecule has 0 bridgehead atoms. The van der Waals surface area contributed by atoms with Crippen LogP contribution in [0.5, 0.6) is 0 Å². The lowest BCUT2D eigenvalue weighted by atomic mass is 10.4. The number of nitrogens with zero attached hydrogens (tertiary/aromatic N) is 3. The van der Waals surface area contributed by atoms with Crippen molar-refractivity contribution in [1.29, 1.82) is 0 Å². The molecule has 98 valence electrons. The Morgan fingerprint density at radius 1 is 0.526 bits per heavy atom. The summed E-state index contributed by atoms with van der Waals surface area (Å²) in [7, 11) is -0.529. The normalized spacial score (nSPS) is 21.0. The molecule has 4 heteroatoms. The first-order valence-corrected chi connectivity index (χ1v) is 7.75. The molecule has 0 fully saturated rings. The highest BCUT2D eigenvalue weighted by Crippen LogP contribution is 2.50. The van der Waals surface area contributed by atoms with Gasteiger partial charge in [-0.15, -0.1) is 0 Å². The third-order valence-corrected chi connectivity index (χ3v) is 5.35. The Bertz CT molecular complexity index is 416. The van der Waals surface area contributed by atoms with Crippen LogP contribution in [0.15, 0.2) is 73.3 Å². The maximum absolute atomic E-state index is 2.42. The lowest BCUT2D eigenvalue weighted by Gasteiger charge is -2.43. The lowest BCUT2D eigenvalue weighted by Crippen LogP contribution is -2.33. The van der Waals surface area contributed by atoms with Crippen molar-refractivity contribution in [1.82, 2.24) is 14.0 Å². The van der Waals surface area contributed by atoms with Crippen LogP contribution in [0, 0.1) is 0 Å². The van der Waals surface area contributed by atoms with Crippen LogP contribution in [0.3, 0.4) is 0 Å². The predicted molar refractivity (Wildman–Crippen MR) is 81.9 cm³/mol. The fraction of sp³-hybridized carbons (Fsp3) is 0.200. The molecule has 0 aromatic heterocycles. The molecule has 0 unspecified atom stereocenters. The first-order chi connectivity index (χ1) is 9.45. The summed E-state index contributed by atoms with van der Waals surface area (Å²) in [4.78, 5) is 0. The van der Waals surface area contributed by atoms with Gasteiger partial charge in [-0.1, -0.05) is 36.5 Å².